The van der Waals surface area contributed by atoms with Gasteiger partial charge in [-0.25, -0.2) is 0 Å². The van der Waals surface area contributed by atoms with Crippen LogP contribution in [0.4, 0.5) is 5.13 Å². The third-order valence-corrected chi connectivity index (χ3v) is 3.95. The van der Waals surface area contributed by atoms with Crippen molar-refractivity contribution >= 4 is 22.4 Å². The molecule has 1 fully saturated rings. The van der Waals surface area contributed by atoms with E-state index in [0.717, 1.165) is 32.4 Å². The van der Waals surface area contributed by atoms with Gasteiger partial charge in [0.1, 0.15) is 0 Å². The van der Waals surface area contributed by atoms with Crippen molar-refractivity contribution in [1.29, 1.82) is 0 Å². The summed E-state index contributed by atoms with van der Waals surface area (Å²) in [6.07, 6.45) is 3.04. The van der Waals surface area contributed by atoms with Gasteiger partial charge in [0.25, 0.3) is 5.91 Å². The molecule has 0 aliphatic carbocycles. The van der Waals surface area contributed by atoms with E-state index in [4.69, 9.17) is 4.74 Å². The maximum atomic E-state index is 11.9. The zero-order chi connectivity index (χ0) is 13.7. The number of hydrogen-bond donors (Lipinski definition) is 2. The number of nitrogens with one attached hydrogen (secondary N) is 2. The molecule has 6 nitrogen and oxygen atoms in total. The molecule has 0 saturated carbocycles. The lowest BCUT2D eigenvalue weighted by Gasteiger charge is -2.22. The minimum atomic E-state index is -0.233. The Labute approximate surface area is 116 Å². The average molecular weight is 284 g/mol. The molecule has 1 amide bonds. The number of carbonyl (C=O) groups is 1. The molecule has 1 aromatic heterocycles. The van der Waals surface area contributed by atoms with Crippen molar-refractivity contribution < 1.29 is 9.53 Å². The van der Waals surface area contributed by atoms with Crippen molar-refractivity contribution in [1.82, 2.24) is 15.5 Å². The predicted molar refractivity (Wildman–Crippen MR) is 74.6 cm³/mol. The van der Waals surface area contributed by atoms with Crippen molar-refractivity contribution in [2.75, 3.05) is 25.0 Å². The highest BCUT2D eigenvalue weighted by Crippen LogP contribution is 2.24. The summed E-state index contributed by atoms with van der Waals surface area (Å²) in [5.74, 6) is -0.182. The van der Waals surface area contributed by atoms with Crippen molar-refractivity contribution in [2.45, 2.75) is 38.7 Å². The topological polar surface area (TPSA) is 76.1 Å². The lowest BCUT2D eigenvalue weighted by molar-refractivity contribution is 0.0206. The van der Waals surface area contributed by atoms with Crippen LogP contribution in [0.1, 0.15) is 42.9 Å². The van der Waals surface area contributed by atoms with Gasteiger partial charge in [-0.05, 0) is 26.2 Å². The number of carbonyl (C=O) groups excluding carboxylic acids is 1. The highest BCUT2D eigenvalue weighted by molar-refractivity contribution is 7.17. The Balaban J connectivity index is 1.84. The zero-order valence-electron chi connectivity index (χ0n) is 11.4. The number of ether oxygens (including phenoxy) is 1. The first-order chi connectivity index (χ1) is 9.13. The first kappa shape index (κ1) is 14.2. The van der Waals surface area contributed by atoms with E-state index >= 15 is 0 Å². The Morgan fingerprint density at radius 1 is 1.53 bits per heavy atom. The molecule has 1 unspecified atom stereocenters. The number of nitrogens with zero attached hydrogens (tertiary/aromatic N) is 2. The van der Waals surface area contributed by atoms with Crippen LogP contribution in [0.5, 0.6) is 0 Å². The third-order valence-electron chi connectivity index (χ3n) is 3.07. The Kier molecular flexibility index (Phi) is 4.71. The van der Waals surface area contributed by atoms with Gasteiger partial charge in [-0.1, -0.05) is 18.3 Å². The molecule has 1 aromatic rings. The molecule has 2 rings (SSSR count). The molecule has 19 heavy (non-hydrogen) atoms. The number of anilines is 1. The summed E-state index contributed by atoms with van der Waals surface area (Å²) >= 11 is 1.28. The van der Waals surface area contributed by atoms with Crippen LogP contribution in [-0.4, -0.2) is 41.4 Å². The van der Waals surface area contributed by atoms with E-state index < -0.39 is 0 Å². The van der Waals surface area contributed by atoms with Gasteiger partial charge < -0.3 is 15.4 Å². The number of hydrogen-bond acceptors (Lipinski definition) is 6. The monoisotopic (exact) mass is 284 g/mol. The van der Waals surface area contributed by atoms with E-state index in [-0.39, 0.29) is 11.5 Å². The fraction of sp³-hybridized carbons (Fsp3) is 0.750. The second-order valence-electron chi connectivity index (χ2n) is 4.92. The predicted octanol–water partition coefficient (Wildman–Crippen LogP) is 1.66. The molecule has 7 heteroatoms. The molecule has 1 aliphatic heterocycles. The summed E-state index contributed by atoms with van der Waals surface area (Å²) in [6, 6.07) is 0. The van der Waals surface area contributed by atoms with Gasteiger partial charge in [-0.2, -0.15) is 0 Å². The number of aromatic nitrogens is 2. The average Bonchev–Trinajstić information content (AvgIpc) is 3.03. The van der Waals surface area contributed by atoms with E-state index in [1.807, 2.05) is 6.92 Å². The summed E-state index contributed by atoms with van der Waals surface area (Å²) < 4.78 is 5.63. The van der Waals surface area contributed by atoms with Crippen LogP contribution in [0.3, 0.4) is 0 Å². The van der Waals surface area contributed by atoms with Gasteiger partial charge in [0.15, 0.2) is 0 Å². The standard InChI is InChI=1S/C12H20N4O2S/c1-3-6-13-11-16-15-10(19-11)9(17)14-8-12(2)5-4-7-18-12/h3-8H2,1-2H3,(H,13,16)(H,14,17). The molecule has 106 valence electrons. The van der Waals surface area contributed by atoms with E-state index in [2.05, 4.69) is 27.8 Å². The Morgan fingerprint density at radius 3 is 3.05 bits per heavy atom. The van der Waals surface area contributed by atoms with Gasteiger partial charge in [0.2, 0.25) is 10.1 Å². The van der Waals surface area contributed by atoms with Crippen molar-refractivity contribution in [3.63, 3.8) is 0 Å². The second-order valence-corrected chi connectivity index (χ2v) is 5.90. The molecule has 2 N–H and O–H groups in total. The summed E-state index contributed by atoms with van der Waals surface area (Å²) in [7, 11) is 0. The summed E-state index contributed by atoms with van der Waals surface area (Å²) in [4.78, 5) is 11.9. The smallest absolute Gasteiger partial charge is 0.282 e. The van der Waals surface area contributed by atoms with Crippen LogP contribution in [-0.2, 0) is 4.74 Å². The molecular formula is C12H20N4O2S. The first-order valence-corrected chi connectivity index (χ1v) is 7.44. The molecule has 0 spiro atoms. The molecule has 0 radical (unpaired) electrons. The van der Waals surface area contributed by atoms with Gasteiger partial charge in [0, 0.05) is 19.7 Å². The summed E-state index contributed by atoms with van der Waals surface area (Å²) in [5.41, 5.74) is -0.233. The number of rotatable bonds is 6. The van der Waals surface area contributed by atoms with Crippen LogP contribution in [0.15, 0.2) is 0 Å². The number of amides is 1. The fourth-order valence-electron chi connectivity index (χ4n) is 1.94. The molecule has 2 heterocycles. The summed E-state index contributed by atoms with van der Waals surface area (Å²) in [6.45, 7) is 6.22. The highest BCUT2D eigenvalue weighted by atomic mass is 32.1. The normalized spacial score (nSPS) is 22.4. The van der Waals surface area contributed by atoms with Crippen LogP contribution < -0.4 is 10.6 Å². The Hall–Kier alpha value is -1.21. The quantitative estimate of drug-likeness (QED) is 0.831. The largest absolute Gasteiger partial charge is 0.373 e. The van der Waals surface area contributed by atoms with Crippen LogP contribution in [0.2, 0.25) is 0 Å². The van der Waals surface area contributed by atoms with Gasteiger partial charge in [-0.15, -0.1) is 10.2 Å². The third kappa shape index (κ3) is 3.87. The maximum absolute atomic E-state index is 11.9. The SMILES string of the molecule is CCCNc1nnc(C(=O)NCC2(C)CCCO2)s1. The Morgan fingerprint density at radius 2 is 2.37 bits per heavy atom. The summed E-state index contributed by atoms with van der Waals surface area (Å²) in [5, 5.41) is 14.9. The van der Waals surface area contributed by atoms with Crippen molar-refractivity contribution in [3.8, 4) is 0 Å². The first-order valence-electron chi connectivity index (χ1n) is 6.62. The van der Waals surface area contributed by atoms with Gasteiger partial charge in [0.05, 0.1) is 5.60 Å². The zero-order valence-corrected chi connectivity index (χ0v) is 12.2. The molecule has 0 aromatic carbocycles. The van der Waals surface area contributed by atoms with Crippen LogP contribution in [0.25, 0.3) is 0 Å². The fourth-order valence-corrected chi connectivity index (χ4v) is 2.62. The van der Waals surface area contributed by atoms with E-state index in [1.165, 1.54) is 11.3 Å². The van der Waals surface area contributed by atoms with Crippen LogP contribution >= 0.6 is 11.3 Å². The maximum Gasteiger partial charge on any atom is 0.282 e. The Bertz CT molecular complexity index is 429. The minimum Gasteiger partial charge on any atom is -0.373 e. The molecule has 1 saturated heterocycles. The van der Waals surface area contributed by atoms with E-state index in [9.17, 15) is 4.79 Å². The lowest BCUT2D eigenvalue weighted by Crippen LogP contribution is -2.40. The van der Waals surface area contributed by atoms with Gasteiger partial charge in [-0.3, -0.25) is 4.79 Å². The molecular weight excluding hydrogens is 264 g/mol. The highest BCUT2D eigenvalue weighted by Gasteiger charge is 2.30. The van der Waals surface area contributed by atoms with E-state index in [1.54, 1.807) is 0 Å². The molecule has 1 aliphatic rings. The minimum absolute atomic E-state index is 0.182. The van der Waals surface area contributed by atoms with Gasteiger partial charge >= 0.3 is 0 Å². The van der Waals surface area contributed by atoms with E-state index in [0.29, 0.717) is 16.7 Å². The lowest BCUT2D eigenvalue weighted by atomic mass is 10.0. The van der Waals surface area contributed by atoms with Crippen molar-refractivity contribution in [2.24, 2.45) is 0 Å². The van der Waals surface area contributed by atoms with Crippen LogP contribution in [0, 0.1) is 0 Å². The molecule has 1 atom stereocenters. The van der Waals surface area contributed by atoms with Crippen molar-refractivity contribution in [3.05, 3.63) is 5.01 Å². The molecule has 0 bridgehead atoms. The second kappa shape index (κ2) is 6.29.